The molecule has 1 aliphatic rings. The maximum Gasteiger partial charge on any atom is 0.227 e. The van der Waals surface area contributed by atoms with Gasteiger partial charge >= 0.3 is 0 Å². The minimum atomic E-state index is -0.531. The minimum absolute atomic E-state index is 0.0625. The molecule has 0 saturated heterocycles. The molecule has 0 bridgehead atoms. The zero-order chi connectivity index (χ0) is 12.6. The van der Waals surface area contributed by atoms with Crippen LogP contribution in [0.25, 0.3) is 0 Å². The predicted octanol–water partition coefficient (Wildman–Crippen LogP) is 1.91. The first-order valence-corrected chi connectivity index (χ1v) is 6.23. The summed E-state index contributed by atoms with van der Waals surface area (Å²) in [5, 5.41) is 3.03. The Kier molecular flexibility index (Phi) is 3.68. The SMILES string of the molecule is CC(CNC(=O)C(C)(C)C(C)(C)N)C1CC1. The number of rotatable bonds is 5. The van der Waals surface area contributed by atoms with E-state index >= 15 is 0 Å². The smallest absolute Gasteiger partial charge is 0.227 e. The van der Waals surface area contributed by atoms with E-state index in [9.17, 15) is 4.79 Å². The van der Waals surface area contributed by atoms with Gasteiger partial charge in [0.2, 0.25) is 5.91 Å². The summed E-state index contributed by atoms with van der Waals surface area (Å²) in [5.74, 6) is 1.49. The lowest BCUT2D eigenvalue weighted by molar-refractivity contribution is -0.132. The zero-order valence-corrected chi connectivity index (χ0v) is 11.3. The lowest BCUT2D eigenvalue weighted by atomic mass is 9.74. The highest BCUT2D eigenvalue weighted by molar-refractivity contribution is 5.83. The van der Waals surface area contributed by atoms with Gasteiger partial charge < -0.3 is 11.1 Å². The molecule has 3 heteroatoms. The highest BCUT2D eigenvalue weighted by Crippen LogP contribution is 2.36. The van der Waals surface area contributed by atoms with Crippen molar-refractivity contribution in [2.75, 3.05) is 6.54 Å². The Morgan fingerprint density at radius 3 is 2.25 bits per heavy atom. The number of carbonyl (C=O) groups excluding carboxylic acids is 1. The summed E-state index contributed by atoms with van der Waals surface area (Å²) in [7, 11) is 0. The van der Waals surface area contributed by atoms with Crippen LogP contribution in [0.4, 0.5) is 0 Å². The van der Waals surface area contributed by atoms with E-state index in [4.69, 9.17) is 5.73 Å². The second-order valence-corrected chi connectivity index (χ2v) is 6.37. The lowest BCUT2D eigenvalue weighted by Gasteiger charge is -2.37. The van der Waals surface area contributed by atoms with Crippen molar-refractivity contribution in [2.45, 2.75) is 53.0 Å². The summed E-state index contributed by atoms with van der Waals surface area (Å²) in [5.41, 5.74) is 5.00. The van der Waals surface area contributed by atoms with Crippen molar-refractivity contribution in [1.29, 1.82) is 0 Å². The Morgan fingerprint density at radius 1 is 1.38 bits per heavy atom. The third kappa shape index (κ3) is 2.97. The highest BCUT2D eigenvalue weighted by Gasteiger charge is 2.40. The minimum Gasteiger partial charge on any atom is -0.355 e. The van der Waals surface area contributed by atoms with E-state index in [1.165, 1.54) is 12.8 Å². The van der Waals surface area contributed by atoms with Gasteiger partial charge in [-0.3, -0.25) is 4.79 Å². The zero-order valence-electron chi connectivity index (χ0n) is 11.3. The van der Waals surface area contributed by atoms with Crippen LogP contribution < -0.4 is 11.1 Å². The first-order chi connectivity index (χ1) is 7.16. The molecule has 1 saturated carbocycles. The molecule has 1 atom stereocenters. The van der Waals surface area contributed by atoms with Crippen molar-refractivity contribution in [2.24, 2.45) is 23.0 Å². The molecule has 0 spiro atoms. The molecule has 3 N–H and O–H groups in total. The topological polar surface area (TPSA) is 55.1 Å². The number of hydrogen-bond acceptors (Lipinski definition) is 2. The van der Waals surface area contributed by atoms with Crippen LogP contribution in [0, 0.1) is 17.3 Å². The van der Waals surface area contributed by atoms with E-state index in [-0.39, 0.29) is 5.91 Å². The van der Waals surface area contributed by atoms with E-state index in [0.29, 0.717) is 5.92 Å². The third-order valence-corrected chi connectivity index (χ3v) is 4.19. The van der Waals surface area contributed by atoms with Gasteiger partial charge in [0.25, 0.3) is 0 Å². The van der Waals surface area contributed by atoms with Crippen molar-refractivity contribution in [1.82, 2.24) is 5.32 Å². The van der Waals surface area contributed by atoms with Crippen molar-refractivity contribution in [3.05, 3.63) is 0 Å². The normalized spacial score (nSPS) is 19.4. The second-order valence-electron chi connectivity index (χ2n) is 6.37. The fourth-order valence-electron chi connectivity index (χ4n) is 1.60. The van der Waals surface area contributed by atoms with E-state index in [1.807, 2.05) is 27.7 Å². The van der Waals surface area contributed by atoms with Gasteiger partial charge in [-0.05, 0) is 52.4 Å². The summed E-state index contributed by atoms with van der Waals surface area (Å²) in [6.45, 7) is 10.6. The van der Waals surface area contributed by atoms with Gasteiger partial charge in [0.05, 0.1) is 5.41 Å². The lowest BCUT2D eigenvalue weighted by Crippen LogP contribution is -2.56. The maximum absolute atomic E-state index is 12.1. The molecular formula is C13H26N2O. The number of nitrogens with one attached hydrogen (secondary N) is 1. The van der Waals surface area contributed by atoms with Gasteiger partial charge in [-0.15, -0.1) is 0 Å². The Balaban J connectivity index is 2.44. The van der Waals surface area contributed by atoms with E-state index in [1.54, 1.807) is 0 Å². The number of nitrogens with two attached hydrogens (primary N) is 1. The predicted molar refractivity (Wildman–Crippen MR) is 66.9 cm³/mol. The molecule has 0 aromatic rings. The average Bonchev–Trinajstić information content (AvgIpc) is 2.94. The molecule has 0 aromatic carbocycles. The van der Waals surface area contributed by atoms with Crippen LogP contribution in [0.3, 0.4) is 0 Å². The fraction of sp³-hybridized carbons (Fsp3) is 0.923. The third-order valence-electron chi connectivity index (χ3n) is 4.19. The van der Waals surface area contributed by atoms with Gasteiger partial charge in [0.15, 0.2) is 0 Å². The Morgan fingerprint density at radius 2 is 1.88 bits per heavy atom. The van der Waals surface area contributed by atoms with E-state index in [0.717, 1.165) is 12.5 Å². The number of amides is 1. The standard InChI is InChI=1S/C13H26N2O/c1-9(10-6-7-10)8-15-11(16)12(2,3)13(4,5)14/h9-10H,6-8,14H2,1-5H3,(H,15,16). The van der Waals surface area contributed by atoms with Gasteiger partial charge in [0, 0.05) is 12.1 Å². The molecule has 1 aliphatic carbocycles. The van der Waals surface area contributed by atoms with Crippen molar-refractivity contribution in [3.8, 4) is 0 Å². The summed E-state index contributed by atoms with van der Waals surface area (Å²) < 4.78 is 0. The van der Waals surface area contributed by atoms with Crippen LogP contribution in [0.1, 0.15) is 47.5 Å². The molecule has 16 heavy (non-hydrogen) atoms. The van der Waals surface area contributed by atoms with E-state index in [2.05, 4.69) is 12.2 Å². The summed E-state index contributed by atoms with van der Waals surface area (Å²) >= 11 is 0. The van der Waals surface area contributed by atoms with Crippen molar-refractivity contribution < 1.29 is 4.79 Å². The van der Waals surface area contributed by atoms with Gasteiger partial charge in [-0.25, -0.2) is 0 Å². The second kappa shape index (κ2) is 4.36. The van der Waals surface area contributed by atoms with Crippen LogP contribution in [0.2, 0.25) is 0 Å². The first kappa shape index (κ1) is 13.5. The summed E-state index contributed by atoms with van der Waals surface area (Å²) in [6, 6.07) is 0. The first-order valence-electron chi connectivity index (χ1n) is 6.23. The van der Waals surface area contributed by atoms with Gasteiger partial charge in [-0.1, -0.05) is 6.92 Å². The molecule has 3 nitrogen and oxygen atoms in total. The van der Waals surface area contributed by atoms with Crippen LogP contribution in [0.15, 0.2) is 0 Å². The molecule has 1 unspecified atom stereocenters. The van der Waals surface area contributed by atoms with Crippen LogP contribution in [0.5, 0.6) is 0 Å². The molecule has 1 rings (SSSR count). The van der Waals surface area contributed by atoms with Crippen molar-refractivity contribution >= 4 is 5.91 Å². The maximum atomic E-state index is 12.1. The molecule has 0 heterocycles. The molecular weight excluding hydrogens is 200 g/mol. The van der Waals surface area contributed by atoms with Crippen LogP contribution in [-0.2, 0) is 4.79 Å². The Bertz CT molecular complexity index is 262. The molecule has 1 fully saturated rings. The fourth-order valence-corrected chi connectivity index (χ4v) is 1.60. The van der Waals surface area contributed by atoms with Gasteiger partial charge in [-0.2, -0.15) is 0 Å². The van der Waals surface area contributed by atoms with E-state index < -0.39 is 11.0 Å². The van der Waals surface area contributed by atoms with Crippen molar-refractivity contribution in [3.63, 3.8) is 0 Å². The number of hydrogen-bond donors (Lipinski definition) is 2. The molecule has 0 aromatic heterocycles. The summed E-state index contributed by atoms with van der Waals surface area (Å²) in [6.07, 6.45) is 2.64. The summed E-state index contributed by atoms with van der Waals surface area (Å²) in [4.78, 5) is 12.1. The largest absolute Gasteiger partial charge is 0.355 e. The highest BCUT2D eigenvalue weighted by atomic mass is 16.2. The van der Waals surface area contributed by atoms with Gasteiger partial charge in [0.1, 0.15) is 0 Å². The quantitative estimate of drug-likeness (QED) is 0.752. The molecule has 1 amide bonds. The Labute approximate surface area is 99.2 Å². The van der Waals surface area contributed by atoms with Crippen LogP contribution in [-0.4, -0.2) is 18.0 Å². The molecule has 94 valence electrons. The monoisotopic (exact) mass is 226 g/mol. The molecule has 0 aliphatic heterocycles. The average molecular weight is 226 g/mol. The molecule has 0 radical (unpaired) electrons. The Hall–Kier alpha value is -0.570. The van der Waals surface area contributed by atoms with Crippen LogP contribution >= 0.6 is 0 Å². The number of carbonyl (C=O) groups is 1.